The summed E-state index contributed by atoms with van der Waals surface area (Å²) in [6.07, 6.45) is -4.80. The topological polar surface area (TPSA) is 95.6 Å². The van der Waals surface area contributed by atoms with E-state index in [1.165, 1.54) is 0 Å². The molecule has 12 heteroatoms. The summed E-state index contributed by atoms with van der Waals surface area (Å²) in [5.74, 6) is -3.34. The van der Waals surface area contributed by atoms with Crippen molar-refractivity contribution in [2.75, 3.05) is 28.3 Å². The van der Waals surface area contributed by atoms with Gasteiger partial charge in [0.25, 0.3) is 0 Å². The summed E-state index contributed by atoms with van der Waals surface area (Å²) >= 11 is 5.68. The Morgan fingerprint density at radius 1 is 0.972 bits per heavy atom. The zero-order valence-electron chi connectivity index (χ0n) is 20.2. The van der Waals surface area contributed by atoms with E-state index in [2.05, 4.69) is 10.6 Å². The van der Waals surface area contributed by atoms with Gasteiger partial charge in [0.05, 0.1) is 10.6 Å². The number of nitrogens with one attached hydrogen (secondary N) is 2. The molecule has 0 fully saturated rings. The number of carbonyl (C=O) groups excluding carboxylic acids is 3. The predicted octanol–water partition coefficient (Wildman–Crippen LogP) is 4.30. The molecule has 0 aliphatic heterocycles. The number of hydrogen-bond acceptors (Lipinski definition) is 4. The lowest BCUT2D eigenvalue weighted by molar-refractivity contribution is -0.137. The highest BCUT2D eigenvalue weighted by atomic mass is 35.5. The monoisotopic (exact) mass is 545 g/mol. The summed E-state index contributed by atoms with van der Waals surface area (Å²) in [5, 5.41) is 4.61. The molecule has 7 nitrogen and oxygen atoms in total. The summed E-state index contributed by atoms with van der Waals surface area (Å²) in [4.78, 5) is 38.5. The Kier molecular flexibility index (Phi) is 9.67. The van der Waals surface area contributed by atoms with Crippen molar-refractivity contribution in [1.29, 1.82) is 0 Å². The van der Waals surface area contributed by atoms with Gasteiger partial charge in [-0.25, -0.2) is 0 Å². The van der Waals surface area contributed by atoms with Gasteiger partial charge in [0, 0.05) is 27.7 Å². The lowest BCUT2D eigenvalue weighted by Gasteiger charge is -2.26. The fraction of sp³-hybridized carbons (Fsp3) is 0.375. The van der Waals surface area contributed by atoms with Crippen LogP contribution in [0.4, 0.5) is 24.5 Å². The van der Waals surface area contributed by atoms with E-state index in [0.29, 0.717) is 11.8 Å². The zero-order chi connectivity index (χ0) is 27.3. The Morgan fingerprint density at radius 2 is 1.58 bits per heavy atom. The normalized spacial score (nSPS) is 12.6. The van der Waals surface area contributed by atoms with E-state index < -0.39 is 68.9 Å². The van der Waals surface area contributed by atoms with Gasteiger partial charge in [-0.15, -0.1) is 0 Å². The molecule has 3 amide bonds. The maximum atomic E-state index is 13.4. The highest BCUT2D eigenvalue weighted by Crippen LogP contribution is 2.37. The molecule has 0 aliphatic carbocycles. The van der Waals surface area contributed by atoms with E-state index in [1.807, 2.05) is 6.92 Å². The summed E-state index contributed by atoms with van der Waals surface area (Å²) in [6.45, 7) is 6.34. The molecule has 0 radical (unpaired) electrons. The number of halogens is 4. The zero-order valence-corrected chi connectivity index (χ0v) is 21.7. The van der Waals surface area contributed by atoms with Crippen LogP contribution in [0.3, 0.4) is 0 Å². The molecule has 0 aliphatic rings. The third-order valence-corrected chi connectivity index (χ3v) is 6.08. The van der Waals surface area contributed by atoms with Crippen LogP contribution in [0.5, 0.6) is 0 Å². The second kappa shape index (κ2) is 11.9. The number of benzene rings is 2. The molecular formula is C24H27ClF3N3O4S. The molecule has 0 spiro atoms. The summed E-state index contributed by atoms with van der Waals surface area (Å²) in [5.41, 5.74) is -0.639. The van der Waals surface area contributed by atoms with E-state index in [0.717, 1.165) is 22.6 Å². The van der Waals surface area contributed by atoms with Crippen molar-refractivity contribution in [3.8, 4) is 0 Å². The van der Waals surface area contributed by atoms with Crippen molar-refractivity contribution in [2.24, 2.45) is 0 Å². The molecule has 0 saturated heterocycles. The van der Waals surface area contributed by atoms with Gasteiger partial charge in [-0.05, 0) is 58.0 Å². The summed E-state index contributed by atoms with van der Waals surface area (Å²) < 4.78 is 52.7. The number of nitrogens with zero attached hydrogens (tertiary/aromatic N) is 1. The number of anilines is 2. The SMILES string of the molecule is Cc1ccc(NC(=O)CS(=O)CC(=O)N(CC(=O)NC(C)(C)C)c2ccc(Cl)c(C(F)(F)F)c2)cc1. The van der Waals surface area contributed by atoms with Crippen LogP contribution in [0.15, 0.2) is 42.5 Å². The van der Waals surface area contributed by atoms with Crippen LogP contribution in [-0.4, -0.2) is 45.5 Å². The largest absolute Gasteiger partial charge is 0.417 e. The van der Waals surface area contributed by atoms with Gasteiger partial charge >= 0.3 is 6.18 Å². The van der Waals surface area contributed by atoms with Crippen LogP contribution in [0, 0.1) is 6.92 Å². The second-order valence-electron chi connectivity index (χ2n) is 9.08. The minimum Gasteiger partial charge on any atom is -0.350 e. The number of carbonyl (C=O) groups is 3. The summed E-state index contributed by atoms with van der Waals surface area (Å²) in [7, 11) is -2.00. The lowest BCUT2D eigenvalue weighted by atomic mass is 10.1. The molecule has 2 N–H and O–H groups in total. The number of hydrogen-bond donors (Lipinski definition) is 2. The van der Waals surface area contributed by atoms with Gasteiger partial charge in [0.2, 0.25) is 17.7 Å². The van der Waals surface area contributed by atoms with Crippen molar-refractivity contribution in [3.05, 3.63) is 58.6 Å². The Bertz CT molecular complexity index is 1150. The Labute approximate surface area is 214 Å². The van der Waals surface area contributed by atoms with Crippen LogP contribution in [-0.2, 0) is 31.4 Å². The van der Waals surface area contributed by atoms with E-state index in [9.17, 15) is 31.8 Å². The Morgan fingerprint density at radius 3 is 2.14 bits per heavy atom. The predicted molar refractivity (Wildman–Crippen MR) is 134 cm³/mol. The van der Waals surface area contributed by atoms with Gasteiger partial charge < -0.3 is 15.5 Å². The molecule has 36 heavy (non-hydrogen) atoms. The van der Waals surface area contributed by atoms with E-state index >= 15 is 0 Å². The average molecular weight is 546 g/mol. The highest BCUT2D eigenvalue weighted by molar-refractivity contribution is 7.86. The molecule has 1 atom stereocenters. The Hall–Kier alpha value is -2.92. The van der Waals surface area contributed by atoms with E-state index in [1.54, 1.807) is 45.0 Å². The van der Waals surface area contributed by atoms with Crippen LogP contribution in [0.25, 0.3) is 0 Å². The third-order valence-electron chi connectivity index (χ3n) is 4.60. The molecule has 196 valence electrons. The maximum absolute atomic E-state index is 13.4. The fourth-order valence-electron chi connectivity index (χ4n) is 3.07. The molecule has 2 rings (SSSR count). The molecular weight excluding hydrogens is 519 g/mol. The lowest BCUT2D eigenvalue weighted by Crippen LogP contribution is -2.48. The molecule has 0 aromatic heterocycles. The van der Waals surface area contributed by atoms with Crippen LogP contribution in [0.2, 0.25) is 5.02 Å². The maximum Gasteiger partial charge on any atom is 0.417 e. The minimum absolute atomic E-state index is 0.248. The Balaban J connectivity index is 2.21. The van der Waals surface area contributed by atoms with E-state index in [-0.39, 0.29) is 5.69 Å². The first-order valence-electron chi connectivity index (χ1n) is 10.7. The van der Waals surface area contributed by atoms with Crippen LogP contribution in [0.1, 0.15) is 31.9 Å². The molecule has 0 bridgehead atoms. The highest BCUT2D eigenvalue weighted by Gasteiger charge is 2.34. The summed E-state index contributed by atoms with van der Waals surface area (Å²) in [6, 6.07) is 9.65. The molecule has 0 saturated carbocycles. The number of amides is 3. The van der Waals surface area contributed by atoms with E-state index in [4.69, 9.17) is 11.6 Å². The van der Waals surface area contributed by atoms with Gasteiger partial charge in [-0.1, -0.05) is 29.3 Å². The fourth-order valence-corrected chi connectivity index (χ4v) is 4.19. The number of aryl methyl sites for hydroxylation is 1. The van der Waals surface area contributed by atoms with Gasteiger partial charge in [-0.2, -0.15) is 13.2 Å². The second-order valence-corrected chi connectivity index (χ2v) is 10.9. The van der Waals surface area contributed by atoms with Crippen molar-refractivity contribution < 1.29 is 31.8 Å². The molecule has 0 heterocycles. The van der Waals surface area contributed by atoms with Crippen molar-refractivity contribution in [1.82, 2.24) is 5.32 Å². The number of rotatable bonds is 8. The van der Waals surface area contributed by atoms with Gasteiger partial charge in [0.1, 0.15) is 18.1 Å². The van der Waals surface area contributed by atoms with Crippen molar-refractivity contribution in [2.45, 2.75) is 39.4 Å². The first-order chi connectivity index (χ1) is 16.5. The molecule has 2 aromatic carbocycles. The minimum atomic E-state index is -4.80. The molecule has 2 aromatic rings. The van der Waals surface area contributed by atoms with Gasteiger partial charge in [0.15, 0.2) is 0 Å². The quantitative estimate of drug-likeness (QED) is 0.517. The first-order valence-corrected chi connectivity index (χ1v) is 12.6. The van der Waals surface area contributed by atoms with Gasteiger partial charge in [-0.3, -0.25) is 18.6 Å². The average Bonchev–Trinajstić information content (AvgIpc) is 2.72. The third kappa shape index (κ3) is 9.27. The number of alkyl halides is 3. The first kappa shape index (κ1) is 29.3. The van der Waals surface area contributed by atoms with Crippen LogP contribution < -0.4 is 15.5 Å². The van der Waals surface area contributed by atoms with Crippen molar-refractivity contribution in [3.63, 3.8) is 0 Å². The van der Waals surface area contributed by atoms with Crippen LogP contribution >= 0.6 is 11.6 Å². The standard InChI is InChI=1S/C24H27ClF3N3O4S/c1-15-5-7-16(8-6-15)29-21(33)13-36(35)14-22(34)31(12-20(32)30-23(2,3)4)17-9-10-19(25)18(11-17)24(26,27)28/h5-11H,12-14H2,1-4H3,(H,29,33)(H,30,32). The molecule has 1 unspecified atom stereocenters. The van der Waals surface area contributed by atoms with Crippen molar-refractivity contribution >= 4 is 51.5 Å². The smallest absolute Gasteiger partial charge is 0.350 e.